The molecule has 0 N–H and O–H groups in total. The average Bonchev–Trinajstić information content (AvgIpc) is 3.49. The number of ether oxygens (including phenoxy) is 1. The first-order valence-electron chi connectivity index (χ1n) is 11.9. The number of nitrogens with zero attached hydrogens (tertiary/aromatic N) is 1. The van der Waals surface area contributed by atoms with E-state index < -0.39 is 46.9 Å². The topological polar surface area (TPSA) is 80.8 Å². The molecule has 37 heavy (non-hydrogen) atoms. The molecule has 180 valence electrons. The van der Waals surface area contributed by atoms with Crippen molar-refractivity contribution >= 4 is 51.4 Å². The third-order valence-corrected chi connectivity index (χ3v) is 7.99. The fourth-order valence-electron chi connectivity index (χ4n) is 6.14. The highest BCUT2D eigenvalue weighted by molar-refractivity contribution is 6.37. The van der Waals surface area contributed by atoms with Crippen molar-refractivity contribution in [3.8, 4) is 0 Å². The Kier molecular flexibility index (Phi) is 4.59. The molecule has 4 aromatic carbocycles. The van der Waals surface area contributed by atoms with Gasteiger partial charge in [-0.1, -0.05) is 78.3 Å². The van der Waals surface area contributed by atoms with Crippen LogP contribution in [0.2, 0.25) is 5.02 Å². The van der Waals surface area contributed by atoms with Crippen LogP contribution in [0.5, 0.6) is 0 Å². The maximum absolute atomic E-state index is 14.0. The number of amides is 2. The Hall–Kier alpha value is -4.13. The van der Waals surface area contributed by atoms with Crippen molar-refractivity contribution < 1.29 is 23.9 Å². The lowest BCUT2D eigenvalue weighted by Gasteiger charge is -2.27. The van der Waals surface area contributed by atoms with Crippen molar-refractivity contribution in [3.05, 3.63) is 113 Å². The summed E-state index contributed by atoms with van der Waals surface area (Å²) in [7, 11) is 0. The number of anilines is 1. The molecule has 0 radical (unpaired) electrons. The van der Waals surface area contributed by atoms with Crippen molar-refractivity contribution in [1.29, 1.82) is 0 Å². The van der Waals surface area contributed by atoms with Crippen molar-refractivity contribution in [2.45, 2.75) is 11.7 Å². The second-order valence-electron chi connectivity index (χ2n) is 9.54. The number of carbonyl (C=O) groups is 4. The molecule has 2 aliphatic heterocycles. The van der Waals surface area contributed by atoms with Gasteiger partial charge in [0.1, 0.15) is 0 Å². The smallest absolute Gasteiger partial charge is 0.241 e. The van der Waals surface area contributed by atoms with Crippen molar-refractivity contribution in [1.82, 2.24) is 0 Å². The standard InChI is InChI=1S/C30H18ClNO5/c31-17-12-14-18(15-13-17)32-28(35)23-24(29(32)36)30(26(33)21-9-3-4-10-22(21)27(30)34)37-25(23)20-11-5-7-16-6-1-2-8-19(16)20/h1-15,23-25H. The van der Waals surface area contributed by atoms with Gasteiger partial charge in [0.2, 0.25) is 29.0 Å². The molecule has 1 aliphatic carbocycles. The Morgan fingerprint density at radius 3 is 2.03 bits per heavy atom. The van der Waals surface area contributed by atoms with Crippen LogP contribution in [0.4, 0.5) is 5.69 Å². The molecule has 0 aromatic heterocycles. The number of hydrogen-bond acceptors (Lipinski definition) is 5. The minimum absolute atomic E-state index is 0.204. The number of halogens is 1. The van der Waals surface area contributed by atoms with Gasteiger partial charge >= 0.3 is 0 Å². The Balaban J connectivity index is 1.46. The van der Waals surface area contributed by atoms with Crippen LogP contribution in [0.3, 0.4) is 0 Å². The van der Waals surface area contributed by atoms with Gasteiger partial charge in [-0.05, 0) is 40.6 Å². The van der Waals surface area contributed by atoms with E-state index in [1.54, 1.807) is 48.5 Å². The Morgan fingerprint density at radius 2 is 1.32 bits per heavy atom. The molecule has 3 atom stereocenters. The molecule has 7 heteroatoms. The predicted octanol–water partition coefficient (Wildman–Crippen LogP) is 5.19. The number of ketones is 2. The summed E-state index contributed by atoms with van der Waals surface area (Å²) >= 11 is 6.04. The molecule has 2 saturated heterocycles. The maximum Gasteiger partial charge on any atom is 0.241 e. The molecule has 3 aliphatic rings. The van der Waals surface area contributed by atoms with Gasteiger partial charge in [0.25, 0.3) is 0 Å². The van der Waals surface area contributed by atoms with Gasteiger partial charge in [-0.3, -0.25) is 19.2 Å². The number of benzene rings is 4. The van der Waals surface area contributed by atoms with Crippen molar-refractivity contribution in [2.75, 3.05) is 4.90 Å². The fraction of sp³-hybridized carbons (Fsp3) is 0.133. The fourth-order valence-corrected chi connectivity index (χ4v) is 6.27. The molecule has 2 heterocycles. The minimum atomic E-state index is -2.11. The lowest BCUT2D eigenvalue weighted by atomic mass is 9.77. The monoisotopic (exact) mass is 507 g/mol. The molecular weight excluding hydrogens is 490 g/mol. The zero-order chi connectivity index (χ0) is 25.5. The molecule has 4 aromatic rings. The summed E-state index contributed by atoms with van der Waals surface area (Å²) < 4.78 is 6.43. The highest BCUT2D eigenvalue weighted by Crippen LogP contribution is 2.58. The van der Waals surface area contributed by atoms with Crippen LogP contribution < -0.4 is 4.90 Å². The van der Waals surface area contributed by atoms with Gasteiger partial charge < -0.3 is 4.74 Å². The number of fused-ring (bicyclic) bond motifs is 4. The third kappa shape index (κ3) is 2.79. The summed E-state index contributed by atoms with van der Waals surface area (Å²) in [6, 6.07) is 26.0. The normalized spacial score (nSPS) is 23.8. The largest absolute Gasteiger partial charge is 0.349 e. The van der Waals surface area contributed by atoms with Crippen LogP contribution in [-0.4, -0.2) is 29.0 Å². The average molecular weight is 508 g/mol. The first-order chi connectivity index (χ1) is 17.9. The molecule has 2 fully saturated rings. The zero-order valence-corrected chi connectivity index (χ0v) is 20.0. The molecule has 0 bridgehead atoms. The van der Waals surface area contributed by atoms with E-state index in [0.29, 0.717) is 16.3 Å². The van der Waals surface area contributed by atoms with Crippen LogP contribution in [0, 0.1) is 11.8 Å². The summed E-state index contributed by atoms with van der Waals surface area (Å²) in [6.07, 6.45) is -0.980. The van der Waals surface area contributed by atoms with Gasteiger partial charge in [0.05, 0.1) is 23.6 Å². The van der Waals surface area contributed by atoms with E-state index in [0.717, 1.165) is 15.7 Å². The summed E-state index contributed by atoms with van der Waals surface area (Å²) in [5.74, 6) is -4.66. The second-order valence-corrected chi connectivity index (χ2v) is 9.97. The van der Waals surface area contributed by atoms with Gasteiger partial charge in [-0.15, -0.1) is 0 Å². The predicted molar refractivity (Wildman–Crippen MR) is 137 cm³/mol. The highest BCUT2D eigenvalue weighted by Gasteiger charge is 2.74. The van der Waals surface area contributed by atoms with Crippen LogP contribution >= 0.6 is 11.6 Å². The first-order valence-corrected chi connectivity index (χ1v) is 12.3. The van der Waals surface area contributed by atoms with E-state index in [9.17, 15) is 19.2 Å². The molecule has 2 amide bonds. The van der Waals surface area contributed by atoms with Gasteiger partial charge in [-0.25, -0.2) is 4.90 Å². The van der Waals surface area contributed by atoms with E-state index >= 15 is 0 Å². The van der Waals surface area contributed by atoms with Crippen LogP contribution in [0.15, 0.2) is 91.0 Å². The van der Waals surface area contributed by atoms with Crippen LogP contribution in [0.25, 0.3) is 10.8 Å². The van der Waals surface area contributed by atoms with E-state index in [1.807, 2.05) is 42.5 Å². The molecule has 1 spiro atoms. The van der Waals surface area contributed by atoms with Gasteiger partial charge in [-0.2, -0.15) is 0 Å². The Bertz CT molecular complexity index is 1640. The number of imide groups is 1. The summed E-state index contributed by atoms with van der Waals surface area (Å²) in [5, 5.41) is 2.19. The van der Waals surface area contributed by atoms with E-state index in [1.165, 1.54) is 0 Å². The molecular formula is C30H18ClNO5. The maximum atomic E-state index is 14.0. The summed E-state index contributed by atoms with van der Waals surface area (Å²) in [4.78, 5) is 56.9. The van der Waals surface area contributed by atoms with Crippen molar-refractivity contribution in [2.24, 2.45) is 11.8 Å². The first kappa shape index (κ1) is 22.1. The number of carbonyl (C=O) groups excluding carboxylic acids is 4. The minimum Gasteiger partial charge on any atom is -0.349 e. The SMILES string of the molecule is O=C1C2C(c3cccc4ccccc34)OC3(C(=O)c4ccccc4C3=O)C2C(=O)N1c1ccc(Cl)cc1. The molecule has 7 rings (SSSR count). The second kappa shape index (κ2) is 7.68. The van der Waals surface area contributed by atoms with Gasteiger partial charge in [0.15, 0.2) is 0 Å². The Labute approximate surface area is 216 Å². The lowest BCUT2D eigenvalue weighted by molar-refractivity contribution is -0.127. The number of hydrogen-bond donors (Lipinski definition) is 0. The quantitative estimate of drug-likeness (QED) is 0.275. The molecule has 3 unspecified atom stereocenters. The highest BCUT2D eigenvalue weighted by atomic mass is 35.5. The summed E-state index contributed by atoms with van der Waals surface area (Å²) in [5.41, 5.74) is -0.717. The molecule has 6 nitrogen and oxygen atoms in total. The molecule has 0 saturated carbocycles. The Morgan fingerprint density at radius 1 is 0.703 bits per heavy atom. The summed E-state index contributed by atoms with van der Waals surface area (Å²) in [6.45, 7) is 0. The van der Waals surface area contributed by atoms with E-state index in [2.05, 4.69) is 0 Å². The van der Waals surface area contributed by atoms with Crippen LogP contribution in [-0.2, 0) is 14.3 Å². The van der Waals surface area contributed by atoms with E-state index in [4.69, 9.17) is 16.3 Å². The van der Waals surface area contributed by atoms with Gasteiger partial charge in [0, 0.05) is 16.1 Å². The number of Topliss-reactive ketones (excluding diaryl/α,β-unsaturated/α-hetero) is 2. The van der Waals surface area contributed by atoms with E-state index in [-0.39, 0.29) is 11.1 Å². The van der Waals surface area contributed by atoms with Crippen molar-refractivity contribution in [3.63, 3.8) is 0 Å². The third-order valence-electron chi connectivity index (χ3n) is 7.73. The van der Waals surface area contributed by atoms with Crippen LogP contribution in [0.1, 0.15) is 32.4 Å². The lowest BCUT2D eigenvalue weighted by Crippen LogP contribution is -2.51. The number of rotatable bonds is 2. The zero-order valence-electron chi connectivity index (χ0n) is 19.3.